The van der Waals surface area contributed by atoms with Gasteiger partial charge < -0.3 is 0 Å². The number of hydrogen-bond donors (Lipinski definition) is 0. The molecule has 0 aromatic carbocycles. The minimum Gasteiger partial charge on any atom is -0.251 e. The number of pyridine rings is 1. The first-order valence-corrected chi connectivity index (χ1v) is 5.85. The molecular formula is C7H3Cl2IN2OS. The van der Waals surface area contributed by atoms with E-state index in [1.807, 2.05) is 12.3 Å². The Balaban J connectivity index is 2.66. The Labute approximate surface area is 109 Å². The van der Waals surface area contributed by atoms with Crippen LogP contribution < -0.4 is 0 Å². The van der Waals surface area contributed by atoms with E-state index in [-0.39, 0.29) is 0 Å². The van der Waals surface area contributed by atoms with Crippen LogP contribution in [0.4, 0.5) is 0 Å². The number of fused-ring (bicyclic) bond motifs is 1. The summed E-state index contributed by atoms with van der Waals surface area (Å²) in [4.78, 5) is 4.15. The molecule has 0 amide bonds. The van der Waals surface area contributed by atoms with E-state index in [0.29, 0.717) is 15.8 Å². The molecule has 0 fully saturated rings. The van der Waals surface area contributed by atoms with Crippen molar-refractivity contribution in [2.24, 2.45) is 0 Å². The van der Waals surface area contributed by atoms with E-state index < -0.39 is 0 Å². The minimum absolute atomic E-state index is 0.372. The Kier molecular flexibility index (Phi) is 3.43. The fourth-order valence-electron chi connectivity index (χ4n) is 1.11. The summed E-state index contributed by atoms with van der Waals surface area (Å²) in [6, 6.07) is 3.48. The fourth-order valence-corrected chi connectivity index (χ4v) is 2.50. The predicted octanol–water partition coefficient (Wildman–Crippen LogP) is 4.12. The van der Waals surface area contributed by atoms with Gasteiger partial charge in [-0.05, 0) is 12.1 Å². The van der Waals surface area contributed by atoms with Crippen molar-refractivity contribution >= 4 is 69.5 Å². The van der Waals surface area contributed by atoms with E-state index >= 15 is 0 Å². The second-order valence-corrected chi connectivity index (χ2v) is 4.98. The molecule has 0 aliphatic carbocycles. The molecule has 0 bridgehead atoms. The molecule has 2 rings (SSSR count). The smallest absolute Gasteiger partial charge is 0.154 e. The monoisotopic (exact) mass is 360 g/mol. The summed E-state index contributed by atoms with van der Waals surface area (Å²) in [5.41, 5.74) is 0.698. The molecule has 0 saturated heterocycles. The minimum atomic E-state index is 0.372. The van der Waals surface area contributed by atoms with Crippen molar-refractivity contribution in [2.45, 2.75) is 0 Å². The van der Waals surface area contributed by atoms with Gasteiger partial charge >= 0.3 is 0 Å². The highest BCUT2D eigenvalue weighted by atomic mass is 127. The highest BCUT2D eigenvalue weighted by molar-refractivity contribution is 14.1. The summed E-state index contributed by atoms with van der Waals surface area (Å²) in [5, 5.41) is 1.82. The number of aromatic nitrogens is 2. The average molecular weight is 361 g/mol. The van der Waals surface area contributed by atoms with Crippen molar-refractivity contribution in [3.05, 3.63) is 28.5 Å². The van der Waals surface area contributed by atoms with Crippen LogP contribution in [0.5, 0.6) is 0 Å². The van der Waals surface area contributed by atoms with E-state index in [0.717, 1.165) is 17.6 Å². The molecular weight excluding hydrogens is 358 g/mol. The first kappa shape index (κ1) is 10.8. The Bertz CT molecular complexity index is 476. The van der Waals surface area contributed by atoms with Crippen LogP contribution in [0.1, 0.15) is 0 Å². The third-order valence-corrected chi connectivity index (χ3v) is 3.15. The maximum atomic E-state index is 5.99. The number of nitrogens with zero attached hydrogens (tertiary/aromatic N) is 2. The van der Waals surface area contributed by atoms with Gasteiger partial charge in [0.1, 0.15) is 40.4 Å². The second kappa shape index (κ2) is 4.44. The van der Waals surface area contributed by atoms with Gasteiger partial charge in [0, 0.05) is 11.6 Å². The number of halogens is 3. The highest BCUT2D eigenvalue weighted by Crippen LogP contribution is 2.28. The lowest BCUT2D eigenvalue weighted by Gasteiger charge is -2.00. The fraction of sp³-hybridized carbons (Fsp3) is 0. The van der Waals surface area contributed by atoms with E-state index in [9.17, 15) is 0 Å². The van der Waals surface area contributed by atoms with E-state index in [1.54, 1.807) is 33.0 Å². The predicted molar refractivity (Wildman–Crippen MR) is 67.8 cm³/mol. The zero-order valence-electron chi connectivity index (χ0n) is 6.58. The average Bonchev–Trinajstić information content (AvgIpc) is 2.49. The van der Waals surface area contributed by atoms with Gasteiger partial charge in [0.15, 0.2) is 5.65 Å². The SMILES string of the molecule is Clc1cc(Cl)c2ccn(SOI)c2n1. The van der Waals surface area contributed by atoms with Gasteiger partial charge in [0.05, 0.1) is 5.02 Å². The molecule has 14 heavy (non-hydrogen) atoms. The van der Waals surface area contributed by atoms with Crippen molar-refractivity contribution in [2.75, 3.05) is 0 Å². The van der Waals surface area contributed by atoms with Crippen LogP contribution in [0.15, 0.2) is 18.3 Å². The summed E-state index contributed by atoms with van der Waals surface area (Å²) in [7, 11) is 0. The van der Waals surface area contributed by atoms with Gasteiger partial charge in [-0.15, -0.1) is 0 Å². The molecule has 0 aliphatic heterocycles. The molecule has 2 aromatic heterocycles. The van der Waals surface area contributed by atoms with Crippen LogP contribution in [0.25, 0.3) is 11.0 Å². The first-order chi connectivity index (χ1) is 6.72. The van der Waals surface area contributed by atoms with Gasteiger partial charge in [0.25, 0.3) is 0 Å². The Morgan fingerprint density at radius 2 is 2.29 bits per heavy atom. The summed E-state index contributed by atoms with van der Waals surface area (Å²) >= 11 is 14.7. The van der Waals surface area contributed by atoms with Gasteiger partial charge in [-0.25, -0.2) is 7.50 Å². The van der Waals surface area contributed by atoms with Gasteiger partial charge in [0.2, 0.25) is 0 Å². The van der Waals surface area contributed by atoms with Gasteiger partial charge in [-0.1, -0.05) is 23.2 Å². The van der Waals surface area contributed by atoms with Crippen molar-refractivity contribution in [3.63, 3.8) is 0 Å². The maximum Gasteiger partial charge on any atom is 0.154 e. The molecule has 0 radical (unpaired) electrons. The van der Waals surface area contributed by atoms with Crippen LogP contribution >= 0.6 is 58.4 Å². The number of hydrogen-bond acceptors (Lipinski definition) is 3. The third kappa shape index (κ3) is 1.96. The van der Waals surface area contributed by atoms with Crippen molar-refractivity contribution in [3.8, 4) is 0 Å². The van der Waals surface area contributed by atoms with E-state index in [2.05, 4.69) is 4.98 Å². The summed E-state index contributed by atoms with van der Waals surface area (Å²) < 4.78 is 6.65. The first-order valence-electron chi connectivity index (χ1n) is 3.51. The summed E-state index contributed by atoms with van der Waals surface area (Å²) in [6.07, 6.45) is 1.82. The van der Waals surface area contributed by atoms with Gasteiger partial charge in [-0.2, -0.15) is 0 Å². The van der Waals surface area contributed by atoms with Crippen LogP contribution in [-0.4, -0.2) is 8.96 Å². The Morgan fingerprint density at radius 1 is 1.50 bits per heavy atom. The Hall–Kier alpha value is 0.310. The lowest BCUT2D eigenvalue weighted by atomic mass is 10.3. The third-order valence-electron chi connectivity index (χ3n) is 1.65. The van der Waals surface area contributed by atoms with Crippen LogP contribution in [0.2, 0.25) is 10.2 Å². The standard InChI is InChI=1S/C7H3Cl2IN2OS/c8-5-3-6(9)11-7-4(5)1-2-12(7)14-13-10/h1-3H. The van der Waals surface area contributed by atoms with Crippen LogP contribution in [-0.2, 0) is 2.51 Å². The quantitative estimate of drug-likeness (QED) is 0.458. The van der Waals surface area contributed by atoms with E-state index in [1.165, 1.54) is 0 Å². The largest absolute Gasteiger partial charge is 0.251 e. The second-order valence-electron chi connectivity index (χ2n) is 2.44. The van der Waals surface area contributed by atoms with Crippen LogP contribution in [0, 0.1) is 0 Å². The lowest BCUT2D eigenvalue weighted by molar-refractivity contribution is 0.830. The molecule has 0 N–H and O–H groups in total. The number of rotatable bonds is 2. The molecule has 0 saturated carbocycles. The molecule has 0 unspecified atom stereocenters. The normalized spacial score (nSPS) is 11.1. The highest BCUT2D eigenvalue weighted by Gasteiger charge is 2.08. The van der Waals surface area contributed by atoms with Gasteiger partial charge in [-0.3, -0.25) is 3.97 Å². The van der Waals surface area contributed by atoms with Crippen molar-refractivity contribution < 1.29 is 2.51 Å². The van der Waals surface area contributed by atoms with Crippen LogP contribution in [0.3, 0.4) is 0 Å². The molecule has 74 valence electrons. The summed E-state index contributed by atoms with van der Waals surface area (Å²) in [6.45, 7) is 0. The molecule has 0 aliphatic rings. The molecule has 0 spiro atoms. The van der Waals surface area contributed by atoms with Crippen molar-refractivity contribution in [1.82, 2.24) is 8.96 Å². The molecule has 0 atom stereocenters. The molecule has 7 heteroatoms. The van der Waals surface area contributed by atoms with Crippen molar-refractivity contribution in [1.29, 1.82) is 0 Å². The molecule has 3 nitrogen and oxygen atoms in total. The van der Waals surface area contributed by atoms with E-state index in [4.69, 9.17) is 25.7 Å². The zero-order valence-corrected chi connectivity index (χ0v) is 11.1. The topological polar surface area (TPSA) is 27.1 Å². The summed E-state index contributed by atoms with van der Waals surface area (Å²) in [5.74, 6) is 0. The Morgan fingerprint density at radius 3 is 3.00 bits per heavy atom. The zero-order chi connectivity index (χ0) is 10.1. The lowest BCUT2D eigenvalue weighted by Crippen LogP contribution is -1.86. The maximum absolute atomic E-state index is 5.99. The molecule has 2 aromatic rings. The molecule has 2 heterocycles.